The van der Waals surface area contributed by atoms with Crippen LogP contribution in [-0.4, -0.2) is 16.6 Å². The van der Waals surface area contributed by atoms with E-state index in [0.717, 1.165) is 17.7 Å². The van der Waals surface area contributed by atoms with E-state index in [1.807, 2.05) is 38.1 Å². The number of ether oxygens (including phenoxy) is 1. The second kappa shape index (κ2) is 5.24. The van der Waals surface area contributed by atoms with Crippen molar-refractivity contribution in [2.24, 2.45) is 0 Å². The summed E-state index contributed by atoms with van der Waals surface area (Å²) in [7, 11) is 0. The maximum Gasteiger partial charge on any atom is 0.256 e. The van der Waals surface area contributed by atoms with Crippen molar-refractivity contribution >= 4 is 5.82 Å². The van der Waals surface area contributed by atoms with Crippen LogP contribution in [0.4, 0.5) is 5.82 Å². The van der Waals surface area contributed by atoms with E-state index in [1.54, 1.807) is 0 Å². The lowest BCUT2D eigenvalue weighted by atomic mass is 9.95. The van der Waals surface area contributed by atoms with Crippen LogP contribution in [0.5, 0.6) is 5.75 Å². The first kappa shape index (κ1) is 13.7. The molecule has 1 aliphatic rings. The number of hydrogen-bond donors (Lipinski definition) is 2. The van der Waals surface area contributed by atoms with Gasteiger partial charge in [-0.15, -0.1) is 0 Å². The molecule has 1 atom stereocenters. The summed E-state index contributed by atoms with van der Waals surface area (Å²) in [6.45, 7) is 4.37. The second-order valence-electron chi connectivity index (χ2n) is 5.72. The van der Waals surface area contributed by atoms with Gasteiger partial charge in [0.2, 0.25) is 0 Å². The van der Waals surface area contributed by atoms with Crippen molar-refractivity contribution in [3.8, 4) is 5.75 Å². The highest BCUT2D eigenvalue weighted by Gasteiger charge is 2.24. The molecule has 2 heterocycles. The predicted octanol–water partition coefficient (Wildman–Crippen LogP) is 2.19. The minimum absolute atomic E-state index is 0.0242. The van der Waals surface area contributed by atoms with Crippen LogP contribution in [0, 0.1) is 0 Å². The van der Waals surface area contributed by atoms with Crippen LogP contribution in [0.2, 0.25) is 0 Å². The molecule has 3 N–H and O–H groups in total. The number of H-pyrrole nitrogens is 1. The highest BCUT2D eigenvalue weighted by atomic mass is 16.5. The van der Waals surface area contributed by atoms with E-state index in [-0.39, 0.29) is 17.4 Å². The summed E-state index contributed by atoms with van der Waals surface area (Å²) in [6.07, 6.45) is 0.791. The van der Waals surface area contributed by atoms with Crippen LogP contribution in [0.15, 0.2) is 29.1 Å². The van der Waals surface area contributed by atoms with Gasteiger partial charge in [0.1, 0.15) is 17.4 Å². The van der Waals surface area contributed by atoms with Gasteiger partial charge in [0, 0.05) is 0 Å². The van der Waals surface area contributed by atoms with Gasteiger partial charge in [-0.05, 0) is 24.0 Å². The highest BCUT2D eigenvalue weighted by Crippen LogP contribution is 2.31. The predicted molar refractivity (Wildman–Crippen MR) is 81.7 cm³/mol. The van der Waals surface area contributed by atoms with Crippen molar-refractivity contribution in [1.82, 2.24) is 9.97 Å². The first-order chi connectivity index (χ1) is 10.1. The Kier molecular flexibility index (Phi) is 3.41. The molecule has 5 nitrogen and oxygen atoms in total. The summed E-state index contributed by atoms with van der Waals surface area (Å²) in [6, 6.07) is 7.93. The van der Waals surface area contributed by atoms with E-state index in [4.69, 9.17) is 10.5 Å². The molecule has 0 radical (unpaired) electrons. The Labute approximate surface area is 123 Å². The number of anilines is 1. The Morgan fingerprint density at radius 1 is 1.38 bits per heavy atom. The van der Waals surface area contributed by atoms with E-state index in [2.05, 4.69) is 9.97 Å². The molecular weight excluding hydrogens is 266 g/mol. The zero-order valence-corrected chi connectivity index (χ0v) is 12.2. The van der Waals surface area contributed by atoms with Gasteiger partial charge < -0.3 is 15.5 Å². The largest absolute Gasteiger partial charge is 0.493 e. The van der Waals surface area contributed by atoms with Gasteiger partial charge >= 0.3 is 0 Å². The molecule has 0 bridgehead atoms. The third kappa shape index (κ3) is 2.51. The normalized spacial score (nSPS) is 17.4. The number of rotatable bonds is 2. The Hall–Kier alpha value is -2.30. The molecule has 21 heavy (non-hydrogen) atoms. The highest BCUT2D eigenvalue weighted by molar-refractivity contribution is 5.41. The van der Waals surface area contributed by atoms with Crippen LogP contribution >= 0.6 is 0 Å². The smallest absolute Gasteiger partial charge is 0.256 e. The van der Waals surface area contributed by atoms with Crippen molar-refractivity contribution in [3.63, 3.8) is 0 Å². The summed E-state index contributed by atoms with van der Waals surface area (Å²) in [4.78, 5) is 19.4. The Bertz CT molecular complexity index is 722. The molecule has 1 unspecified atom stereocenters. The van der Waals surface area contributed by atoms with Crippen molar-refractivity contribution < 1.29 is 4.74 Å². The number of nitrogens with one attached hydrogen (secondary N) is 1. The topological polar surface area (TPSA) is 81.0 Å². The minimum atomic E-state index is -0.147. The average Bonchev–Trinajstić information content (AvgIpc) is 2.45. The molecule has 0 spiro atoms. The molecule has 5 heteroatoms. The third-order valence-electron chi connectivity index (χ3n) is 3.85. The molecule has 1 aromatic heterocycles. The van der Waals surface area contributed by atoms with Crippen LogP contribution in [0.25, 0.3) is 0 Å². The molecule has 0 saturated heterocycles. The average molecular weight is 285 g/mol. The molecular formula is C16H19N3O2. The number of benzene rings is 1. The number of fused-ring (bicyclic) bond motifs is 1. The lowest BCUT2D eigenvalue weighted by molar-refractivity contribution is 0.257. The molecule has 0 amide bonds. The van der Waals surface area contributed by atoms with Crippen molar-refractivity contribution in [2.45, 2.75) is 32.1 Å². The number of aromatic amines is 1. The second-order valence-corrected chi connectivity index (χ2v) is 5.72. The first-order valence-electron chi connectivity index (χ1n) is 7.16. The maximum atomic E-state index is 12.2. The summed E-state index contributed by atoms with van der Waals surface area (Å²) in [5.41, 5.74) is 7.49. The van der Waals surface area contributed by atoms with Gasteiger partial charge in [-0.2, -0.15) is 0 Å². The van der Waals surface area contributed by atoms with Gasteiger partial charge in [0.25, 0.3) is 5.56 Å². The van der Waals surface area contributed by atoms with Gasteiger partial charge in [0.05, 0.1) is 18.1 Å². The summed E-state index contributed by atoms with van der Waals surface area (Å²) >= 11 is 0. The Morgan fingerprint density at radius 2 is 2.14 bits per heavy atom. The molecule has 1 aromatic carbocycles. The molecule has 2 aromatic rings. The van der Waals surface area contributed by atoms with Gasteiger partial charge in [-0.3, -0.25) is 4.79 Å². The molecule has 0 fully saturated rings. The van der Waals surface area contributed by atoms with Crippen molar-refractivity contribution in [1.29, 1.82) is 0 Å². The summed E-state index contributed by atoms with van der Waals surface area (Å²) in [5.74, 6) is 1.91. The van der Waals surface area contributed by atoms with Crippen molar-refractivity contribution in [3.05, 3.63) is 51.6 Å². The number of nitrogens with two attached hydrogens (primary N) is 1. The quantitative estimate of drug-likeness (QED) is 0.886. The van der Waals surface area contributed by atoms with E-state index in [0.29, 0.717) is 23.8 Å². The standard InChI is InChI=1S/C16H19N3O2/c1-9(2)13-14(17)18-15(19-16(13)20)11-7-10-5-3-4-6-12(10)21-8-11/h3-6,9,11H,7-8H2,1-2H3,(H3,17,18,19,20). The first-order valence-corrected chi connectivity index (χ1v) is 7.16. The van der Waals surface area contributed by atoms with E-state index in [1.165, 1.54) is 0 Å². The minimum Gasteiger partial charge on any atom is -0.493 e. The number of para-hydroxylation sites is 1. The molecule has 1 aliphatic heterocycles. The lowest BCUT2D eigenvalue weighted by Crippen LogP contribution is -2.27. The summed E-state index contributed by atoms with van der Waals surface area (Å²) < 4.78 is 5.75. The van der Waals surface area contributed by atoms with Gasteiger partial charge in [-0.1, -0.05) is 32.0 Å². The van der Waals surface area contributed by atoms with Crippen LogP contribution in [0.1, 0.15) is 42.6 Å². The molecule has 0 saturated carbocycles. The fourth-order valence-corrected chi connectivity index (χ4v) is 2.77. The van der Waals surface area contributed by atoms with Crippen molar-refractivity contribution in [2.75, 3.05) is 12.3 Å². The number of aromatic nitrogens is 2. The van der Waals surface area contributed by atoms with Crippen LogP contribution in [-0.2, 0) is 6.42 Å². The number of hydrogen-bond acceptors (Lipinski definition) is 4. The summed E-state index contributed by atoms with van der Waals surface area (Å²) in [5, 5.41) is 0. The van der Waals surface area contributed by atoms with Crippen LogP contribution in [0.3, 0.4) is 0 Å². The fraction of sp³-hybridized carbons (Fsp3) is 0.375. The van der Waals surface area contributed by atoms with Gasteiger partial charge in [-0.25, -0.2) is 4.98 Å². The zero-order valence-electron chi connectivity index (χ0n) is 12.2. The Balaban J connectivity index is 1.94. The molecule has 3 rings (SSSR count). The van der Waals surface area contributed by atoms with Gasteiger partial charge in [0.15, 0.2) is 0 Å². The van der Waals surface area contributed by atoms with E-state index >= 15 is 0 Å². The Morgan fingerprint density at radius 3 is 2.86 bits per heavy atom. The zero-order chi connectivity index (χ0) is 15.0. The maximum absolute atomic E-state index is 12.2. The van der Waals surface area contributed by atoms with Crippen LogP contribution < -0.4 is 16.0 Å². The fourth-order valence-electron chi connectivity index (χ4n) is 2.77. The monoisotopic (exact) mass is 285 g/mol. The molecule has 110 valence electrons. The molecule has 0 aliphatic carbocycles. The third-order valence-corrected chi connectivity index (χ3v) is 3.85. The number of nitrogens with zero attached hydrogens (tertiary/aromatic N) is 1. The van der Waals surface area contributed by atoms with E-state index in [9.17, 15) is 4.79 Å². The SMILES string of the molecule is CC(C)c1c(N)nc(C2COc3ccccc3C2)[nH]c1=O. The van der Waals surface area contributed by atoms with E-state index < -0.39 is 0 Å². The number of nitrogen functional groups attached to an aromatic ring is 1. The lowest BCUT2D eigenvalue weighted by Gasteiger charge is -2.25.